The van der Waals surface area contributed by atoms with Crippen molar-refractivity contribution in [2.24, 2.45) is 0 Å². The zero-order valence-electron chi connectivity index (χ0n) is 11.9. The van der Waals surface area contributed by atoms with E-state index in [-0.39, 0.29) is 31.4 Å². The normalized spacial score (nSPS) is 24.6. The number of rotatable bonds is 2. The van der Waals surface area contributed by atoms with E-state index >= 15 is 0 Å². The molecule has 0 radical (unpaired) electrons. The third-order valence-corrected chi connectivity index (χ3v) is 5.00. The summed E-state index contributed by atoms with van der Waals surface area (Å²) in [7, 11) is 0. The van der Waals surface area contributed by atoms with Crippen molar-refractivity contribution >= 4 is 29.3 Å². The molecule has 7 heteroatoms. The largest absolute Gasteiger partial charge is 0.394 e. The molecule has 118 valence electrons. The second-order valence-corrected chi connectivity index (χ2v) is 6.62. The van der Waals surface area contributed by atoms with Gasteiger partial charge >= 0.3 is 0 Å². The Labute approximate surface area is 131 Å². The smallest absolute Gasteiger partial charge is 0.254 e. The van der Waals surface area contributed by atoms with Gasteiger partial charge in [-0.25, -0.2) is 4.39 Å². The maximum Gasteiger partial charge on any atom is 0.254 e. The molecule has 0 spiro atoms. The number of halogens is 1. The van der Waals surface area contributed by atoms with Crippen molar-refractivity contribution in [1.29, 1.82) is 0 Å². The van der Waals surface area contributed by atoms with E-state index in [1.54, 1.807) is 30.0 Å². The van der Waals surface area contributed by atoms with E-state index in [1.165, 1.54) is 4.90 Å². The van der Waals surface area contributed by atoms with Crippen LogP contribution >= 0.6 is 11.8 Å². The van der Waals surface area contributed by atoms with E-state index in [1.807, 2.05) is 0 Å². The van der Waals surface area contributed by atoms with Crippen LogP contribution < -0.4 is 5.32 Å². The van der Waals surface area contributed by atoms with Crippen LogP contribution in [0.4, 0.5) is 10.1 Å². The summed E-state index contributed by atoms with van der Waals surface area (Å²) in [4.78, 5) is 26.5. The van der Waals surface area contributed by atoms with Crippen molar-refractivity contribution in [2.75, 3.05) is 24.2 Å². The number of benzene rings is 1. The molecule has 2 amide bonds. The Morgan fingerprint density at radius 3 is 3.09 bits per heavy atom. The molecule has 0 saturated carbocycles. The molecule has 2 heterocycles. The zero-order valence-corrected chi connectivity index (χ0v) is 12.7. The summed E-state index contributed by atoms with van der Waals surface area (Å²) in [5.41, 5.74) is 1.02. The van der Waals surface area contributed by atoms with E-state index in [2.05, 4.69) is 5.32 Å². The number of carbonyl (C=O) groups is 2. The molecule has 1 aromatic carbocycles. The fraction of sp³-hybridized carbons (Fsp3) is 0.467. The molecule has 2 atom stereocenters. The minimum atomic E-state index is -1.10. The van der Waals surface area contributed by atoms with Crippen LogP contribution in [0.5, 0.6) is 0 Å². The fourth-order valence-electron chi connectivity index (χ4n) is 2.80. The second kappa shape index (κ2) is 6.26. The summed E-state index contributed by atoms with van der Waals surface area (Å²) in [6.07, 6.45) is -0.498. The Bertz CT molecular complexity index is 610. The molecule has 2 aliphatic heterocycles. The number of carbonyl (C=O) groups excluding carboxylic acids is 2. The topological polar surface area (TPSA) is 69.6 Å². The van der Waals surface area contributed by atoms with Gasteiger partial charge in [0.2, 0.25) is 5.91 Å². The van der Waals surface area contributed by atoms with Crippen molar-refractivity contribution in [3.05, 3.63) is 23.8 Å². The maximum atomic E-state index is 13.5. The Balaban J connectivity index is 1.86. The van der Waals surface area contributed by atoms with Gasteiger partial charge in [-0.05, 0) is 18.2 Å². The number of alkyl halides is 1. The van der Waals surface area contributed by atoms with E-state index in [9.17, 15) is 19.1 Å². The van der Waals surface area contributed by atoms with Gasteiger partial charge in [0, 0.05) is 29.1 Å². The Morgan fingerprint density at radius 1 is 1.50 bits per heavy atom. The first-order chi connectivity index (χ1) is 10.6. The zero-order chi connectivity index (χ0) is 15.7. The molecule has 0 bridgehead atoms. The summed E-state index contributed by atoms with van der Waals surface area (Å²) in [5, 5.41) is 12.1. The molecule has 1 saturated heterocycles. The van der Waals surface area contributed by atoms with Crippen LogP contribution in [-0.2, 0) is 4.79 Å². The van der Waals surface area contributed by atoms with E-state index < -0.39 is 12.2 Å². The number of nitrogens with zero attached hydrogens (tertiary/aromatic N) is 1. The quantitative estimate of drug-likeness (QED) is 0.868. The Morgan fingerprint density at radius 2 is 2.32 bits per heavy atom. The van der Waals surface area contributed by atoms with E-state index in [4.69, 9.17) is 0 Å². The summed E-state index contributed by atoms with van der Waals surface area (Å²) < 4.78 is 13.5. The lowest BCUT2D eigenvalue weighted by Gasteiger charge is -2.23. The van der Waals surface area contributed by atoms with Crippen LogP contribution in [0, 0.1) is 0 Å². The molecule has 2 aliphatic rings. The number of aliphatic hydroxyl groups is 1. The van der Waals surface area contributed by atoms with E-state index in [0.29, 0.717) is 23.4 Å². The highest BCUT2D eigenvalue weighted by atomic mass is 32.2. The monoisotopic (exact) mass is 324 g/mol. The van der Waals surface area contributed by atoms with Crippen molar-refractivity contribution in [3.63, 3.8) is 0 Å². The number of anilines is 1. The Kier molecular flexibility index (Phi) is 4.35. The standard InChI is InChI=1S/C15H17FN2O3S/c16-10-6-11(8-19)18(7-10)15(21)9-1-2-13-12(5-9)17-14(20)3-4-22-13/h1-2,5,10-11,19H,3-4,6-8H2,(H,17,20)/t10-,11-/m0/s1. The number of hydrogen-bond acceptors (Lipinski definition) is 4. The molecule has 5 nitrogen and oxygen atoms in total. The van der Waals surface area contributed by atoms with Gasteiger partial charge in [0.05, 0.1) is 24.9 Å². The summed E-state index contributed by atoms with van der Waals surface area (Å²) in [6, 6.07) is 4.64. The summed E-state index contributed by atoms with van der Waals surface area (Å²) in [6.45, 7) is -0.244. The number of likely N-dealkylation sites (tertiary alicyclic amines) is 1. The van der Waals surface area contributed by atoms with Crippen LogP contribution in [-0.4, -0.2) is 52.9 Å². The van der Waals surface area contributed by atoms with Gasteiger partial charge in [-0.2, -0.15) is 0 Å². The minimum Gasteiger partial charge on any atom is -0.394 e. The van der Waals surface area contributed by atoms with Gasteiger partial charge in [0.1, 0.15) is 6.17 Å². The van der Waals surface area contributed by atoms with Gasteiger partial charge in [0.15, 0.2) is 0 Å². The van der Waals surface area contributed by atoms with Crippen molar-refractivity contribution in [3.8, 4) is 0 Å². The fourth-order valence-corrected chi connectivity index (χ4v) is 3.74. The van der Waals surface area contributed by atoms with Gasteiger partial charge in [-0.1, -0.05) is 0 Å². The molecular formula is C15H17FN2O3S. The maximum absolute atomic E-state index is 13.5. The molecule has 0 aliphatic carbocycles. The van der Waals surface area contributed by atoms with Crippen LogP contribution in [0.2, 0.25) is 0 Å². The Hall–Kier alpha value is -1.60. The van der Waals surface area contributed by atoms with Gasteiger partial charge in [-0.15, -0.1) is 11.8 Å². The van der Waals surface area contributed by atoms with E-state index in [0.717, 1.165) is 4.90 Å². The molecule has 0 aromatic heterocycles. The first-order valence-electron chi connectivity index (χ1n) is 7.21. The number of aliphatic hydroxyl groups excluding tert-OH is 1. The minimum absolute atomic E-state index is 0.00224. The van der Waals surface area contributed by atoms with Gasteiger partial charge < -0.3 is 15.3 Å². The third-order valence-electron chi connectivity index (χ3n) is 3.92. The van der Waals surface area contributed by atoms with Crippen LogP contribution in [0.1, 0.15) is 23.2 Å². The predicted molar refractivity (Wildman–Crippen MR) is 81.8 cm³/mol. The number of nitrogens with one attached hydrogen (secondary N) is 1. The number of hydrogen-bond donors (Lipinski definition) is 2. The number of amides is 2. The second-order valence-electron chi connectivity index (χ2n) is 5.48. The highest BCUT2D eigenvalue weighted by molar-refractivity contribution is 7.99. The SMILES string of the molecule is O=C1CCSc2ccc(C(=O)N3C[C@@H](F)C[C@H]3CO)cc2N1. The summed E-state index contributed by atoms with van der Waals surface area (Å²) in [5.74, 6) is 0.313. The summed E-state index contributed by atoms with van der Waals surface area (Å²) >= 11 is 1.56. The van der Waals surface area contributed by atoms with Crippen molar-refractivity contribution < 1.29 is 19.1 Å². The number of fused-ring (bicyclic) bond motifs is 1. The van der Waals surface area contributed by atoms with Crippen LogP contribution in [0.25, 0.3) is 0 Å². The molecule has 2 N–H and O–H groups in total. The average Bonchev–Trinajstić information content (AvgIpc) is 2.78. The lowest BCUT2D eigenvalue weighted by molar-refractivity contribution is -0.115. The highest BCUT2D eigenvalue weighted by Gasteiger charge is 2.35. The lowest BCUT2D eigenvalue weighted by atomic mass is 10.1. The van der Waals surface area contributed by atoms with Gasteiger partial charge in [0.25, 0.3) is 5.91 Å². The first kappa shape index (κ1) is 15.3. The van der Waals surface area contributed by atoms with Crippen molar-refractivity contribution in [2.45, 2.75) is 30.0 Å². The average molecular weight is 324 g/mol. The molecule has 3 rings (SSSR count). The molecule has 1 aromatic rings. The van der Waals surface area contributed by atoms with Crippen LogP contribution in [0.3, 0.4) is 0 Å². The first-order valence-corrected chi connectivity index (χ1v) is 8.19. The number of thioether (sulfide) groups is 1. The predicted octanol–water partition coefficient (Wildman–Crippen LogP) is 1.67. The molecular weight excluding hydrogens is 307 g/mol. The molecule has 1 fully saturated rings. The highest BCUT2D eigenvalue weighted by Crippen LogP contribution is 2.32. The lowest BCUT2D eigenvalue weighted by Crippen LogP contribution is -2.37. The van der Waals surface area contributed by atoms with Gasteiger partial charge in [-0.3, -0.25) is 9.59 Å². The van der Waals surface area contributed by atoms with Crippen LogP contribution in [0.15, 0.2) is 23.1 Å². The molecule has 0 unspecified atom stereocenters. The van der Waals surface area contributed by atoms with Crippen molar-refractivity contribution in [1.82, 2.24) is 4.90 Å². The molecule has 22 heavy (non-hydrogen) atoms. The third kappa shape index (κ3) is 2.96.